The van der Waals surface area contributed by atoms with E-state index in [1.165, 1.54) is 0 Å². The topological polar surface area (TPSA) is 70.7 Å². The number of aliphatic imine (C=N–C) groups is 1. The molecule has 160 valence electrons. The number of fused-ring (bicyclic) bond motifs is 2. The van der Waals surface area contributed by atoms with Gasteiger partial charge in [-0.2, -0.15) is 0 Å². The number of anilines is 1. The molecule has 0 aromatic carbocycles. The van der Waals surface area contributed by atoms with Crippen molar-refractivity contribution in [2.24, 2.45) is 4.99 Å². The van der Waals surface area contributed by atoms with Gasteiger partial charge < -0.3 is 10.2 Å². The Hall–Kier alpha value is -3.36. The van der Waals surface area contributed by atoms with E-state index in [-0.39, 0.29) is 12.5 Å². The van der Waals surface area contributed by atoms with Crippen molar-refractivity contribution >= 4 is 22.9 Å². The van der Waals surface area contributed by atoms with E-state index in [1.54, 1.807) is 17.6 Å². The van der Waals surface area contributed by atoms with Gasteiger partial charge in [-0.3, -0.25) is 4.99 Å². The van der Waals surface area contributed by atoms with Crippen molar-refractivity contribution in [3.8, 4) is 11.3 Å². The largest absolute Gasteiger partial charge is 0.377 e. The van der Waals surface area contributed by atoms with Crippen molar-refractivity contribution in [2.45, 2.75) is 38.2 Å². The molecule has 0 spiro atoms. The number of aromatic nitrogens is 4. The predicted molar refractivity (Wildman–Crippen MR) is 116 cm³/mol. The monoisotopic (exact) mass is 423 g/mol. The van der Waals surface area contributed by atoms with Crippen LogP contribution in [0.2, 0.25) is 0 Å². The van der Waals surface area contributed by atoms with Crippen molar-refractivity contribution in [3.05, 3.63) is 48.6 Å². The van der Waals surface area contributed by atoms with Crippen molar-refractivity contribution < 1.29 is 8.78 Å². The summed E-state index contributed by atoms with van der Waals surface area (Å²) in [5.41, 5.74) is 5.31. The molecule has 5 heterocycles. The highest BCUT2D eigenvalue weighted by molar-refractivity contribution is 5.96. The van der Waals surface area contributed by atoms with Gasteiger partial charge >= 0.3 is 0 Å². The van der Waals surface area contributed by atoms with Gasteiger partial charge in [0.1, 0.15) is 0 Å². The minimum absolute atomic E-state index is 0.117. The minimum Gasteiger partial charge on any atom is -0.377 e. The maximum atomic E-state index is 13.0. The van der Waals surface area contributed by atoms with Gasteiger partial charge in [-0.25, -0.2) is 23.3 Å². The number of rotatable bonds is 5. The Morgan fingerprint density at radius 2 is 2.13 bits per heavy atom. The number of nitrogens with one attached hydrogen (secondary N) is 1. The fourth-order valence-electron chi connectivity index (χ4n) is 4.29. The lowest BCUT2D eigenvalue weighted by Crippen LogP contribution is -2.22. The van der Waals surface area contributed by atoms with Crippen molar-refractivity contribution in [2.75, 3.05) is 18.9 Å². The Morgan fingerprint density at radius 1 is 1.29 bits per heavy atom. The number of halogens is 2. The van der Waals surface area contributed by atoms with E-state index >= 15 is 0 Å². The summed E-state index contributed by atoms with van der Waals surface area (Å²) in [6, 6.07) is 5.73. The number of likely N-dealkylation sites (N-methyl/N-ethyl adjacent to an activating group) is 1. The minimum atomic E-state index is -2.41. The van der Waals surface area contributed by atoms with Crippen LogP contribution < -0.4 is 5.32 Å². The number of hydrogen-bond donors (Lipinski definition) is 1. The van der Waals surface area contributed by atoms with Gasteiger partial charge in [0.25, 0.3) is 0 Å². The van der Waals surface area contributed by atoms with Gasteiger partial charge in [-0.15, -0.1) is 5.10 Å². The van der Waals surface area contributed by atoms with Gasteiger partial charge in [0.05, 0.1) is 34.8 Å². The highest BCUT2D eigenvalue weighted by Crippen LogP contribution is 2.39. The molecular weight excluding hydrogens is 400 g/mol. The molecule has 2 atom stereocenters. The third-order valence-electron chi connectivity index (χ3n) is 6.09. The first-order valence-electron chi connectivity index (χ1n) is 10.3. The molecular formula is C22H23F2N7. The summed E-state index contributed by atoms with van der Waals surface area (Å²) in [6.07, 6.45) is 1.87. The van der Waals surface area contributed by atoms with Crippen LogP contribution >= 0.6 is 0 Å². The third kappa shape index (κ3) is 3.43. The van der Waals surface area contributed by atoms with E-state index in [0.29, 0.717) is 28.7 Å². The Kier molecular flexibility index (Phi) is 4.68. The second kappa shape index (κ2) is 7.40. The Bertz CT molecular complexity index is 1200. The second-order valence-electron chi connectivity index (χ2n) is 8.07. The molecule has 1 unspecified atom stereocenters. The summed E-state index contributed by atoms with van der Waals surface area (Å²) in [5.74, 6) is 0.0764. The molecule has 0 radical (unpaired) electrons. The van der Waals surface area contributed by atoms with Gasteiger partial charge in [-0.05, 0) is 31.5 Å². The number of nitrogens with zero attached hydrogens (tertiary/aromatic N) is 6. The van der Waals surface area contributed by atoms with Crippen LogP contribution in [-0.4, -0.2) is 56.3 Å². The maximum absolute atomic E-state index is 13.0. The zero-order valence-corrected chi connectivity index (χ0v) is 17.4. The molecule has 31 heavy (non-hydrogen) atoms. The number of pyridine rings is 1. The Balaban J connectivity index is 1.44. The van der Waals surface area contributed by atoms with E-state index in [4.69, 9.17) is 4.98 Å². The molecule has 7 nitrogen and oxygen atoms in total. The molecule has 0 saturated carbocycles. The molecule has 0 amide bonds. The molecule has 0 aliphatic carbocycles. The fraction of sp³-hybridized carbons (Fsp3) is 0.364. The molecule has 3 aromatic rings. The highest BCUT2D eigenvalue weighted by atomic mass is 19.3. The van der Waals surface area contributed by atoms with E-state index in [9.17, 15) is 8.78 Å². The maximum Gasteiger partial charge on any atom is 0.241 e. The summed E-state index contributed by atoms with van der Waals surface area (Å²) in [5, 5.41) is 7.91. The van der Waals surface area contributed by atoms with Gasteiger partial charge in [0.15, 0.2) is 0 Å². The van der Waals surface area contributed by atoms with Crippen LogP contribution in [0.5, 0.6) is 0 Å². The van der Waals surface area contributed by atoms with E-state index < -0.39 is 12.3 Å². The number of alkyl halides is 2. The summed E-state index contributed by atoms with van der Waals surface area (Å²) < 4.78 is 27.8. The molecule has 2 aliphatic rings. The zero-order valence-electron chi connectivity index (χ0n) is 17.4. The average molecular weight is 423 g/mol. The summed E-state index contributed by atoms with van der Waals surface area (Å²) in [7, 11) is 2.02. The van der Waals surface area contributed by atoms with Crippen LogP contribution in [0.25, 0.3) is 16.8 Å². The third-order valence-corrected chi connectivity index (χ3v) is 6.09. The van der Waals surface area contributed by atoms with Crippen LogP contribution in [0.15, 0.2) is 47.9 Å². The SMILES string of the molecule is C=C1[C@@H](Nc2ncc3c(-c4ccc5c(n4)C(CC(F)F)C(C)=N5)ccn3n2)CCN1C. The molecule has 9 heteroatoms. The first-order chi connectivity index (χ1) is 14.9. The Morgan fingerprint density at radius 3 is 2.87 bits per heavy atom. The van der Waals surface area contributed by atoms with Crippen LogP contribution in [-0.2, 0) is 0 Å². The number of hydrogen-bond acceptors (Lipinski definition) is 6. The van der Waals surface area contributed by atoms with Gasteiger partial charge in [0, 0.05) is 49.1 Å². The molecule has 2 aliphatic heterocycles. The van der Waals surface area contributed by atoms with Crippen molar-refractivity contribution in [1.29, 1.82) is 0 Å². The summed E-state index contributed by atoms with van der Waals surface area (Å²) >= 11 is 0. The molecule has 1 fully saturated rings. The fourth-order valence-corrected chi connectivity index (χ4v) is 4.29. The lowest BCUT2D eigenvalue weighted by atomic mass is 9.97. The molecule has 5 rings (SSSR count). The quantitative estimate of drug-likeness (QED) is 0.664. The van der Waals surface area contributed by atoms with Crippen LogP contribution in [0.4, 0.5) is 20.4 Å². The molecule has 0 bridgehead atoms. The smallest absolute Gasteiger partial charge is 0.241 e. The lowest BCUT2D eigenvalue weighted by Gasteiger charge is -2.16. The van der Waals surface area contributed by atoms with Gasteiger partial charge in [0.2, 0.25) is 12.4 Å². The normalized spacial score (nSPS) is 20.6. The van der Waals surface area contributed by atoms with E-state index in [2.05, 4.69) is 31.9 Å². The standard InChI is InChI=1S/C22H23F2N7/c1-12-15(10-20(23)24)21-18(26-12)5-4-17(27-21)14-6-9-31-19(14)11-25-22(29-31)28-16-7-8-30(3)13(16)2/h4-6,9,11,15-16,20H,2,7-8,10H2,1,3H3,(H,28,29)/t15?,16-/m0/s1. The van der Waals surface area contributed by atoms with Crippen LogP contribution in [0.1, 0.15) is 31.4 Å². The van der Waals surface area contributed by atoms with Crippen LogP contribution in [0.3, 0.4) is 0 Å². The zero-order chi connectivity index (χ0) is 21.7. The molecule has 3 aromatic heterocycles. The Labute approximate surface area is 178 Å². The number of likely N-dealkylation sites (tertiary alicyclic amines) is 1. The average Bonchev–Trinajstić information content (AvgIpc) is 3.39. The highest BCUT2D eigenvalue weighted by Gasteiger charge is 2.29. The molecule has 1 N–H and O–H groups in total. The second-order valence-corrected chi connectivity index (χ2v) is 8.07. The van der Waals surface area contributed by atoms with E-state index in [1.807, 2.05) is 31.4 Å². The summed E-state index contributed by atoms with van der Waals surface area (Å²) in [4.78, 5) is 15.7. The lowest BCUT2D eigenvalue weighted by molar-refractivity contribution is 0.135. The first-order valence-corrected chi connectivity index (χ1v) is 10.3. The van der Waals surface area contributed by atoms with Crippen molar-refractivity contribution in [3.63, 3.8) is 0 Å². The summed E-state index contributed by atoms with van der Waals surface area (Å²) in [6.45, 7) is 6.84. The van der Waals surface area contributed by atoms with E-state index in [0.717, 1.165) is 29.7 Å². The van der Waals surface area contributed by atoms with Gasteiger partial charge in [-0.1, -0.05) is 6.58 Å². The predicted octanol–water partition coefficient (Wildman–Crippen LogP) is 4.27. The first kappa shape index (κ1) is 19.6. The van der Waals surface area contributed by atoms with Crippen molar-refractivity contribution in [1.82, 2.24) is 24.5 Å². The molecule has 1 saturated heterocycles. The van der Waals surface area contributed by atoms with Crippen LogP contribution in [0, 0.1) is 0 Å².